The Balaban J connectivity index is 5.17. The van der Waals surface area contributed by atoms with E-state index in [2.05, 4.69) is 55.4 Å². The number of hydrogen-bond donors (Lipinski definition) is 3. The fourth-order valence-corrected chi connectivity index (χ4v) is 12.6. The van der Waals surface area contributed by atoms with E-state index in [4.69, 9.17) is 37.0 Å². The number of hydrogen-bond acceptors (Lipinski definition) is 15. The van der Waals surface area contributed by atoms with Crippen LogP contribution in [0, 0.1) is 23.7 Å². The van der Waals surface area contributed by atoms with Crippen LogP contribution in [-0.4, -0.2) is 96.7 Å². The first-order valence-electron chi connectivity index (χ1n) is 37.7. The number of unbranched alkanes of at least 4 members (excludes halogenated alkanes) is 35. The van der Waals surface area contributed by atoms with Gasteiger partial charge in [0, 0.05) is 25.7 Å². The average Bonchev–Trinajstić information content (AvgIpc) is 1.51. The summed E-state index contributed by atoms with van der Waals surface area (Å²) < 4.78 is 68.3. The Labute approximate surface area is 562 Å². The number of carbonyl (C=O) groups excluding carboxylic acids is 4. The van der Waals surface area contributed by atoms with Gasteiger partial charge in [0.15, 0.2) is 12.2 Å². The highest BCUT2D eigenvalue weighted by molar-refractivity contribution is 7.47. The summed E-state index contributed by atoms with van der Waals surface area (Å²) in [7, 11) is -9.90. The second kappa shape index (κ2) is 62.6. The molecule has 0 aliphatic carbocycles. The van der Waals surface area contributed by atoms with Crippen LogP contribution < -0.4 is 0 Å². The number of ether oxygens (including phenoxy) is 4. The summed E-state index contributed by atoms with van der Waals surface area (Å²) in [6, 6.07) is 0. The fourth-order valence-electron chi connectivity index (χ4n) is 11.0. The summed E-state index contributed by atoms with van der Waals surface area (Å²) in [5.74, 6) is 0.833. The number of esters is 4. The number of phosphoric ester groups is 2. The molecule has 0 amide bonds. The van der Waals surface area contributed by atoms with Crippen molar-refractivity contribution in [3.63, 3.8) is 0 Å². The molecule has 0 heterocycles. The molecule has 0 saturated carbocycles. The molecular formula is C73H142O17P2. The third-order valence-corrected chi connectivity index (χ3v) is 19.1. The second-order valence-electron chi connectivity index (χ2n) is 28.0. The standard InChI is InChI=1S/C73H142O17P2/c1-9-66(8)52-44-36-30-32-38-46-54-71(76)84-60-69(90-73(78)56-48-40-31-29-35-43-51-65(6)7)62-88-92(81,82)86-58-67(74)57-85-91(79,80)87-61-68(59-83-70(75)53-45-37-27-24-20-22-26-34-42-50-64(4)5)89-72(77)55-47-39-28-23-19-17-15-13-11-10-12-14-16-18-21-25-33-41-49-63(2)3/h63-69,74H,9-62H2,1-8H3,(H,79,80)(H,81,82)/t66?,67-,68-,69-/m1/s1. The van der Waals surface area contributed by atoms with Crippen LogP contribution in [0.25, 0.3) is 0 Å². The van der Waals surface area contributed by atoms with Gasteiger partial charge in [0.2, 0.25) is 0 Å². The van der Waals surface area contributed by atoms with Crippen molar-refractivity contribution < 1.29 is 80.2 Å². The van der Waals surface area contributed by atoms with Crippen LogP contribution in [-0.2, 0) is 65.4 Å². The molecule has 0 fully saturated rings. The van der Waals surface area contributed by atoms with E-state index >= 15 is 0 Å². The Kier molecular flexibility index (Phi) is 61.3. The molecule has 0 rings (SSSR count). The predicted molar refractivity (Wildman–Crippen MR) is 372 cm³/mol. The van der Waals surface area contributed by atoms with Crippen LogP contribution in [0.1, 0.15) is 364 Å². The van der Waals surface area contributed by atoms with E-state index < -0.39 is 97.5 Å². The Morgan fingerprint density at radius 3 is 0.772 bits per heavy atom. The molecule has 546 valence electrons. The van der Waals surface area contributed by atoms with Crippen molar-refractivity contribution in [3.05, 3.63) is 0 Å². The molecule has 0 aliphatic heterocycles. The van der Waals surface area contributed by atoms with Crippen LogP contribution in [0.3, 0.4) is 0 Å². The van der Waals surface area contributed by atoms with Crippen LogP contribution in [0.2, 0.25) is 0 Å². The molecule has 0 saturated heterocycles. The third kappa shape index (κ3) is 65.4. The minimum absolute atomic E-state index is 0.101. The van der Waals surface area contributed by atoms with Gasteiger partial charge in [0.05, 0.1) is 26.4 Å². The number of phosphoric acid groups is 2. The van der Waals surface area contributed by atoms with Crippen molar-refractivity contribution in [2.45, 2.75) is 382 Å². The van der Waals surface area contributed by atoms with Crippen molar-refractivity contribution in [2.75, 3.05) is 39.6 Å². The predicted octanol–water partition coefficient (Wildman–Crippen LogP) is 20.9. The van der Waals surface area contributed by atoms with Gasteiger partial charge in [0.1, 0.15) is 19.3 Å². The molecule has 0 bridgehead atoms. The molecule has 0 aromatic carbocycles. The molecular weight excluding hydrogens is 1210 g/mol. The minimum Gasteiger partial charge on any atom is -0.462 e. The second-order valence-corrected chi connectivity index (χ2v) is 30.9. The van der Waals surface area contributed by atoms with Crippen LogP contribution in [0.5, 0.6) is 0 Å². The van der Waals surface area contributed by atoms with Gasteiger partial charge in [-0.2, -0.15) is 0 Å². The highest BCUT2D eigenvalue weighted by Gasteiger charge is 2.30. The number of aliphatic hydroxyl groups excluding tert-OH is 1. The van der Waals surface area contributed by atoms with E-state index in [1.54, 1.807) is 0 Å². The maximum absolute atomic E-state index is 13.0. The lowest BCUT2D eigenvalue weighted by molar-refractivity contribution is -0.161. The largest absolute Gasteiger partial charge is 0.472 e. The SMILES string of the molecule is CCC(C)CCCCCCCCC(=O)OC[C@H](COP(=O)(O)OC[C@H](O)COP(=O)(O)OC[C@@H](COC(=O)CCCCCCCCCCCC(C)C)OC(=O)CCCCCCCCCCCCCCCCCCCCC(C)C)OC(=O)CCCCCCCCC(C)C. The first-order valence-corrected chi connectivity index (χ1v) is 40.7. The Hall–Kier alpha value is -1.94. The van der Waals surface area contributed by atoms with E-state index in [0.717, 1.165) is 114 Å². The van der Waals surface area contributed by atoms with Gasteiger partial charge in [-0.25, -0.2) is 9.13 Å². The Morgan fingerprint density at radius 2 is 0.522 bits per heavy atom. The van der Waals surface area contributed by atoms with E-state index in [0.29, 0.717) is 31.6 Å². The Morgan fingerprint density at radius 1 is 0.304 bits per heavy atom. The van der Waals surface area contributed by atoms with E-state index in [1.165, 1.54) is 161 Å². The van der Waals surface area contributed by atoms with E-state index in [1.807, 2.05) is 0 Å². The van der Waals surface area contributed by atoms with Crippen molar-refractivity contribution in [2.24, 2.45) is 23.7 Å². The first kappa shape index (κ1) is 90.1. The van der Waals surface area contributed by atoms with Crippen molar-refractivity contribution >= 4 is 39.5 Å². The van der Waals surface area contributed by atoms with Gasteiger partial charge in [-0.05, 0) is 49.4 Å². The Bertz CT molecular complexity index is 1820. The van der Waals surface area contributed by atoms with Gasteiger partial charge in [-0.3, -0.25) is 37.3 Å². The molecule has 0 radical (unpaired) electrons. The quantitative estimate of drug-likeness (QED) is 0.0222. The van der Waals surface area contributed by atoms with E-state index in [9.17, 15) is 43.2 Å². The molecule has 0 spiro atoms. The summed E-state index contributed by atoms with van der Waals surface area (Å²) in [5.41, 5.74) is 0. The normalized spacial score (nSPS) is 14.5. The van der Waals surface area contributed by atoms with Crippen molar-refractivity contribution in [1.82, 2.24) is 0 Å². The molecule has 0 aromatic heterocycles. The lowest BCUT2D eigenvalue weighted by atomic mass is 10.00. The third-order valence-electron chi connectivity index (χ3n) is 17.2. The van der Waals surface area contributed by atoms with Gasteiger partial charge in [0.25, 0.3) is 0 Å². The highest BCUT2D eigenvalue weighted by Crippen LogP contribution is 2.45. The van der Waals surface area contributed by atoms with Gasteiger partial charge in [-0.1, -0.05) is 312 Å². The summed E-state index contributed by atoms with van der Waals surface area (Å²) in [6.45, 7) is 14.1. The van der Waals surface area contributed by atoms with Crippen LogP contribution >= 0.6 is 15.6 Å². The van der Waals surface area contributed by atoms with Crippen LogP contribution in [0.4, 0.5) is 0 Å². The van der Waals surface area contributed by atoms with Crippen molar-refractivity contribution in [1.29, 1.82) is 0 Å². The number of carbonyl (C=O) groups is 4. The number of aliphatic hydroxyl groups is 1. The fraction of sp³-hybridized carbons (Fsp3) is 0.945. The maximum Gasteiger partial charge on any atom is 0.472 e. The molecule has 19 heteroatoms. The van der Waals surface area contributed by atoms with Crippen LogP contribution in [0.15, 0.2) is 0 Å². The molecule has 3 unspecified atom stereocenters. The minimum atomic E-state index is -4.95. The van der Waals surface area contributed by atoms with Gasteiger partial charge in [-0.15, -0.1) is 0 Å². The first-order chi connectivity index (χ1) is 44.1. The maximum atomic E-state index is 13.0. The molecule has 0 aromatic rings. The molecule has 0 aliphatic rings. The zero-order valence-corrected chi connectivity index (χ0v) is 62.0. The lowest BCUT2D eigenvalue weighted by Gasteiger charge is -2.21. The summed E-state index contributed by atoms with van der Waals surface area (Å²) in [6.07, 6.45) is 46.2. The number of rotatable bonds is 70. The topological polar surface area (TPSA) is 237 Å². The molecule has 6 atom stereocenters. The highest BCUT2D eigenvalue weighted by atomic mass is 31.2. The molecule has 92 heavy (non-hydrogen) atoms. The monoisotopic (exact) mass is 1350 g/mol. The van der Waals surface area contributed by atoms with Gasteiger partial charge >= 0.3 is 39.5 Å². The summed E-state index contributed by atoms with van der Waals surface area (Å²) in [4.78, 5) is 72.5. The molecule has 3 N–H and O–H groups in total. The van der Waals surface area contributed by atoms with E-state index in [-0.39, 0.29) is 25.7 Å². The summed E-state index contributed by atoms with van der Waals surface area (Å²) in [5, 5.41) is 10.6. The lowest BCUT2D eigenvalue weighted by Crippen LogP contribution is -2.30. The van der Waals surface area contributed by atoms with Gasteiger partial charge < -0.3 is 33.8 Å². The average molecular weight is 1350 g/mol. The van der Waals surface area contributed by atoms with Crippen molar-refractivity contribution in [3.8, 4) is 0 Å². The smallest absolute Gasteiger partial charge is 0.462 e. The zero-order chi connectivity index (χ0) is 68.2. The molecule has 17 nitrogen and oxygen atoms in total. The zero-order valence-electron chi connectivity index (χ0n) is 60.2. The summed E-state index contributed by atoms with van der Waals surface area (Å²) >= 11 is 0.